The van der Waals surface area contributed by atoms with Crippen molar-refractivity contribution in [1.29, 1.82) is 0 Å². The molecule has 10 heteroatoms. The van der Waals surface area contributed by atoms with Crippen LogP contribution in [0.3, 0.4) is 0 Å². The fourth-order valence-electron chi connectivity index (χ4n) is 4.95. The van der Waals surface area contributed by atoms with E-state index in [4.69, 9.17) is 4.74 Å². The van der Waals surface area contributed by atoms with Crippen LogP contribution in [0.5, 0.6) is 0 Å². The lowest BCUT2D eigenvalue weighted by molar-refractivity contribution is -0.132. The van der Waals surface area contributed by atoms with Gasteiger partial charge in [-0.2, -0.15) is 4.31 Å². The van der Waals surface area contributed by atoms with Gasteiger partial charge in [-0.05, 0) is 61.0 Å². The first-order valence-electron chi connectivity index (χ1n) is 13.1. The Hall–Kier alpha value is -2.63. The molecule has 1 aromatic heterocycles. The topological polar surface area (TPSA) is 70.2 Å². The van der Waals surface area contributed by atoms with Gasteiger partial charge in [0.25, 0.3) is 0 Å². The molecule has 2 aromatic carbocycles. The predicted molar refractivity (Wildman–Crippen MR) is 152 cm³/mol. The quantitative estimate of drug-likeness (QED) is 0.341. The first kappa shape index (κ1) is 29.4. The maximum atomic E-state index is 14.1. The summed E-state index contributed by atoms with van der Waals surface area (Å²) in [6.07, 6.45) is 0. The van der Waals surface area contributed by atoms with E-state index < -0.39 is 10.0 Å². The summed E-state index contributed by atoms with van der Waals surface area (Å²) in [6.45, 7) is 9.18. The van der Waals surface area contributed by atoms with Crippen LogP contribution in [0.2, 0.25) is 0 Å². The molecule has 0 atom stereocenters. The molecule has 1 saturated heterocycles. The molecule has 0 saturated carbocycles. The summed E-state index contributed by atoms with van der Waals surface area (Å²) in [7, 11) is -3.97. The zero-order chi connectivity index (χ0) is 28.0. The van der Waals surface area contributed by atoms with Crippen LogP contribution < -0.4 is 0 Å². The van der Waals surface area contributed by atoms with Gasteiger partial charge in [-0.1, -0.05) is 35.9 Å². The molecule has 1 fully saturated rings. The normalized spacial score (nSPS) is 14.6. The van der Waals surface area contributed by atoms with Crippen LogP contribution in [-0.2, 0) is 32.6 Å². The Morgan fingerprint density at radius 2 is 1.69 bits per heavy atom. The number of hydrogen-bond donors (Lipinski definition) is 0. The van der Waals surface area contributed by atoms with Crippen LogP contribution in [0.4, 0.5) is 4.39 Å². The highest BCUT2D eigenvalue weighted by atomic mass is 32.2. The van der Waals surface area contributed by atoms with Gasteiger partial charge in [0.05, 0.1) is 31.2 Å². The molecule has 0 N–H and O–H groups in total. The largest absolute Gasteiger partial charge is 0.379 e. The number of thiophene rings is 1. The van der Waals surface area contributed by atoms with E-state index in [0.29, 0.717) is 37.4 Å². The number of carbonyl (C=O) groups is 1. The molecular weight excluding hydrogens is 537 g/mol. The van der Waals surface area contributed by atoms with E-state index in [-0.39, 0.29) is 36.3 Å². The highest BCUT2D eigenvalue weighted by Gasteiger charge is 2.31. The predicted octanol–water partition coefficient (Wildman–Crippen LogP) is 4.36. The lowest BCUT2D eigenvalue weighted by atomic mass is 10.1. The monoisotopic (exact) mass is 573 g/mol. The zero-order valence-corrected chi connectivity index (χ0v) is 24.4. The molecule has 0 spiro atoms. The van der Waals surface area contributed by atoms with Crippen molar-refractivity contribution in [2.45, 2.75) is 38.8 Å². The number of hydrogen-bond acceptors (Lipinski definition) is 6. The lowest BCUT2D eigenvalue weighted by Crippen LogP contribution is -2.47. The van der Waals surface area contributed by atoms with Gasteiger partial charge in [-0.15, -0.1) is 11.3 Å². The maximum Gasteiger partial charge on any atom is 0.244 e. The van der Waals surface area contributed by atoms with Crippen LogP contribution in [-0.4, -0.2) is 74.4 Å². The van der Waals surface area contributed by atoms with Gasteiger partial charge < -0.3 is 9.64 Å². The molecule has 0 radical (unpaired) electrons. The molecule has 3 aromatic rings. The Morgan fingerprint density at radius 3 is 2.31 bits per heavy atom. The van der Waals surface area contributed by atoms with Gasteiger partial charge >= 0.3 is 0 Å². The molecule has 210 valence electrons. The number of sulfonamides is 1. The zero-order valence-electron chi connectivity index (χ0n) is 22.7. The Bertz CT molecular complexity index is 1330. The first-order chi connectivity index (χ1) is 18.6. The van der Waals surface area contributed by atoms with Crippen molar-refractivity contribution in [2.75, 3.05) is 45.9 Å². The van der Waals surface area contributed by atoms with Gasteiger partial charge in [0.15, 0.2) is 0 Å². The van der Waals surface area contributed by atoms with Gasteiger partial charge in [0.1, 0.15) is 5.82 Å². The molecule has 0 aliphatic carbocycles. The third kappa shape index (κ3) is 7.73. The average Bonchev–Trinajstić information content (AvgIpc) is 3.40. The van der Waals surface area contributed by atoms with Crippen molar-refractivity contribution in [3.8, 4) is 0 Å². The Morgan fingerprint density at radius 1 is 1.03 bits per heavy atom. The Balaban J connectivity index is 1.62. The lowest BCUT2D eigenvalue weighted by Gasteiger charge is -2.31. The number of rotatable bonds is 11. The van der Waals surface area contributed by atoms with Gasteiger partial charge in [-0.25, -0.2) is 12.8 Å². The molecule has 1 aliphatic heterocycles. The van der Waals surface area contributed by atoms with Crippen LogP contribution in [0.15, 0.2) is 58.8 Å². The number of aryl methyl sites for hydroxylation is 3. The standard InChI is InChI=1S/C29H36FN3O4S2/c1-22-17-23(2)29(24(3)18-22)39(35,36)33(11-10-31-12-14-37-15-13-31)21-28(34)32(20-27-5-4-16-38-27)19-25-6-8-26(30)9-7-25/h4-9,16-18H,10-15,19-21H2,1-3H3. The fraction of sp³-hybridized carbons (Fsp3) is 0.414. The molecule has 1 amide bonds. The third-order valence-corrected chi connectivity index (χ3v) is 9.86. The summed E-state index contributed by atoms with van der Waals surface area (Å²) < 4.78 is 48.5. The van der Waals surface area contributed by atoms with Crippen molar-refractivity contribution in [1.82, 2.24) is 14.1 Å². The van der Waals surface area contributed by atoms with E-state index in [1.54, 1.807) is 30.9 Å². The highest BCUT2D eigenvalue weighted by molar-refractivity contribution is 7.89. The summed E-state index contributed by atoms with van der Waals surface area (Å²) in [6, 6.07) is 13.6. The maximum absolute atomic E-state index is 14.1. The Labute approximate surface area is 234 Å². The summed E-state index contributed by atoms with van der Waals surface area (Å²) in [5.74, 6) is -0.653. The van der Waals surface area contributed by atoms with E-state index in [0.717, 1.165) is 29.1 Å². The van der Waals surface area contributed by atoms with E-state index in [1.807, 2.05) is 36.6 Å². The summed E-state index contributed by atoms with van der Waals surface area (Å²) in [5.41, 5.74) is 3.09. The summed E-state index contributed by atoms with van der Waals surface area (Å²) in [4.78, 5) is 18.9. The van der Waals surface area contributed by atoms with Gasteiger partial charge in [0.2, 0.25) is 15.9 Å². The highest BCUT2D eigenvalue weighted by Crippen LogP contribution is 2.26. The molecule has 0 unspecified atom stereocenters. The third-order valence-electron chi connectivity index (χ3n) is 6.85. The Kier molecular flexibility index (Phi) is 9.90. The molecule has 0 bridgehead atoms. The summed E-state index contributed by atoms with van der Waals surface area (Å²) >= 11 is 1.53. The van der Waals surface area contributed by atoms with E-state index in [1.165, 1.54) is 27.8 Å². The van der Waals surface area contributed by atoms with Gasteiger partial charge in [-0.3, -0.25) is 9.69 Å². The molecule has 39 heavy (non-hydrogen) atoms. The number of ether oxygens (including phenoxy) is 1. The first-order valence-corrected chi connectivity index (χ1v) is 15.4. The SMILES string of the molecule is Cc1cc(C)c(S(=O)(=O)N(CCN2CCOCC2)CC(=O)N(Cc2ccc(F)cc2)Cc2cccs2)c(C)c1. The second-order valence-corrected chi connectivity index (χ2v) is 12.9. The minimum Gasteiger partial charge on any atom is -0.379 e. The summed E-state index contributed by atoms with van der Waals surface area (Å²) in [5, 5.41) is 1.94. The minimum absolute atomic E-state index is 0.185. The van der Waals surface area contributed by atoms with Crippen LogP contribution in [0.25, 0.3) is 0 Å². The average molecular weight is 574 g/mol. The second kappa shape index (κ2) is 13.1. The number of morpholine rings is 1. The van der Waals surface area contributed by atoms with Gasteiger partial charge in [0, 0.05) is 37.6 Å². The number of nitrogens with zero attached hydrogens (tertiary/aromatic N) is 3. The number of carbonyl (C=O) groups excluding carboxylic acids is 1. The van der Waals surface area contributed by atoms with Crippen molar-refractivity contribution in [3.05, 3.63) is 86.9 Å². The smallest absolute Gasteiger partial charge is 0.244 e. The van der Waals surface area contributed by atoms with Crippen LogP contribution >= 0.6 is 11.3 Å². The van der Waals surface area contributed by atoms with Crippen molar-refractivity contribution in [2.24, 2.45) is 0 Å². The molecule has 1 aliphatic rings. The second-order valence-electron chi connectivity index (χ2n) is 9.98. The van der Waals surface area contributed by atoms with Crippen molar-refractivity contribution >= 4 is 27.3 Å². The molecule has 2 heterocycles. The van der Waals surface area contributed by atoms with E-state index in [9.17, 15) is 17.6 Å². The molecule has 4 rings (SSSR count). The number of halogens is 1. The van der Waals surface area contributed by atoms with Crippen LogP contribution in [0.1, 0.15) is 27.1 Å². The minimum atomic E-state index is -3.97. The number of benzene rings is 2. The van der Waals surface area contributed by atoms with Crippen LogP contribution in [0, 0.1) is 26.6 Å². The fourth-order valence-corrected chi connectivity index (χ4v) is 7.46. The van der Waals surface area contributed by atoms with Crippen molar-refractivity contribution < 1.29 is 22.3 Å². The molecule has 7 nitrogen and oxygen atoms in total. The van der Waals surface area contributed by atoms with Crippen molar-refractivity contribution in [3.63, 3.8) is 0 Å². The molecular formula is C29H36FN3O4S2. The van der Waals surface area contributed by atoms with E-state index in [2.05, 4.69) is 4.90 Å². The number of amides is 1. The van der Waals surface area contributed by atoms with E-state index >= 15 is 0 Å².